The van der Waals surface area contributed by atoms with E-state index in [1.165, 1.54) is 0 Å². The average molecular weight is 345 g/mol. The zero-order valence-corrected chi connectivity index (χ0v) is 15.3. The third-order valence-electron chi connectivity index (χ3n) is 4.36. The first-order valence-electron chi connectivity index (χ1n) is 8.10. The van der Waals surface area contributed by atoms with Crippen LogP contribution in [-0.2, 0) is 10.1 Å². The van der Waals surface area contributed by atoms with Gasteiger partial charge in [0.25, 0.3) is 0 Å². The minimum Gasteiger partial charge on any atom is -0.380 e. The van der Waals surface area contributed by atoms with E-state index in [1.807, 2.05) is 19.1 Å². The molecule has 2 aromatic carbocycles. The van der Waals surface area contributed by atoms with Crippen LogP contribution in [-0.4, -0.2) is 14.0 Å². The summed E-state index contributed by atoms with van der Waals surface area (Å²) in [7, 11) is -3.82. The number of fused-ring (bicyclic) bond motifs is 1. The molecule has 1 heterocycles. The summed E-state index contributed by atoms with van der Waals surface area (Å²) in [6.07, 6.45) is 0.980. The lowest BCUT2D eigenvalue weighted by molar-refractivity contribution is 0.450. The molecule has 0 saturated heterocycles. The normalized spacial score (nSPS) is 19.2. The molecule has 4 nitrogen and oxygen atoms in total. The fourth-order valence-corrected chi connectivity index (χ4v) is 4.21. The molecule has 0 fully saturated rings. The highest BCUT2D eigenvalue weighted by Crippen LogP contribution is 2.40. The lowest BCUT2D eigenvalue weighted by atomic mass is 9.82. The highest BCUT2D eigenvalue weighted by atomic mass is 32.2. The molecule has 3 rings (SSSR count). The Bertz CT molecular complexity index is 855. The van der Waals surface area contributed by atoms with E-state index >= 15 is 0 Å². The minimum absolute atomic E-state index is 0.0305. The van der Waals surface area contributed by atoms with Crippen molar-refractivity contribution < 1.29 is 12.6 Å². The lowest BCUT2D eigenvalue weighted by Gasteiger charge is -2.37. The van der Waals surface area contributed by atoms with Crippen molar-refractivity contribution in [2.75, 3.05) is 5.32 Å². The summed E-state index contributed by atoms with van der Waals surface area (Å²) < 4.78 is 30.2. The van der Waals surface area contributed by atoms with E-state index in [2.05, 4.69) is 26.1 Å². The van der Waals surface area contributed by atoms with E-state index in [0.717, 1.165) is 23.2 Å². The third kappa shape index (κ3) is 3.41. The van der Waals surface area contributed by atoms with Gasteiger partial charge in [-0.3, -0.25) is 0 Å². The molecular formula is C19H23NO3S. The molecule has 1 unspecified atom stereocenters. The predicted molar refractivity (Wildman–Crippen MR) is 96.2 cm³/mol. The summed E-state index contributed by atoms with van der Waals surface area (Å²) in [6, 6.07) is 12.1. The van der Waals surface area contributed by atoms with Gasteiger partial charge in [-0.05, 0) is 69.0 Å². The van der Waals surface area contributed by atoms with Crippen LogP contribution in [0.5, 0.6) is 5.75 Å². The zero-order valence-electron chi connectivity index (χ0n) is 14.5. The summed E-state index contributed by atoms with van der Waals surface area (Å²) >= 11 is 0. The standard InChI is InChI=1S/C19H23NO3S/c1-13-5-8-16(9-6-13)24(21,22)23-15-7-10-18-17(11-15)14(2)12-19(3,4)20-18/h5-11,14,20H,12H2,1-4H3. The van der Waals surface area contributed by atoms with Crippen molar-refractivity contribution in [3.05, 3.63) is 53.6 Å². The molecule has 0 radical (unpaired) electrons. The average Bonchev–Trinajstić information content (AvgIpc) is 2.47. The number of aryl methyl sites for hydroxylation is 1. The first kappa shape index (κ1) is 16.8. The number of benzene rings is 2. The Morgan fingerprint density at radius 3 is 2.46 bits per heavy atom. The van der Waals surface area contributed by atoms with Crippen LogP contribution in [0.2, 0.25) is 0 Å². The molecule has 0 spiro atoms. The van der Waals surface area contributed by atoms with Crippen molar-refractivity contribution in [3.8, 4) is 5.75 Å². The topological polar surface area (TPSA) is 55.4 Å². The summed E-state index contributed by atoms with van der Waals surface area (Å²) in [5.41, 5.74) is 3.16. The number of hydrogen-bond donors (Lipinski definition) is 1. The summed E-state index contributed by atoms with van der Waals surface area (Å²) in [6.45, 7) is 8.40. The Labute approximate surface area is 144 Å². The molecule has 0 amide bonds. The van der Waals surface area contributed by atoms with Crippen molar-refractivity contribution in [3.63, 3.8) is 0 Å². The smallest absolute Gasteiger partial charge is 0.339 e. The lowest BCUT2D eigenvalue weighted by Crippen LogP contribution is -2.36. The van der Waals surface area contributed by atoms with Gasteiger partial charge in [-0.2, -0.15) is 8.42 Å². The maximum absolute atomic E-state index is 12.4. The molecular weight excluding hydrogens is 322 g/mol. The second-order valence-electron chi connectivity index (χ2n) is 7.21. The molecule has 1 N–H and O–H groups in total. The summed E-state index contributed by atoms with van der Waals surface area (Å²) in [4.78, 5) is 0.165. The van der Waals surface area contributed by atoms with Gasteiger partial charge in [0, 0.05) is 11.2 Å². The van der Waals surface area contributed by atoms with Crippen molar-refractivity contribution in [2.45, 2.75) is 50.5 Å². The van der Waals surface area contributed by atoms with Crippen molar-refractivity contribution in [1.29, 1.82) is 0 Å². The first-order chi connectivity index (χ1) is 11.2. The molecule has 24 heavy (non-hydrogen) atoms. The van der Waals surface area contributed by atoms with Crippen LogP contribution in [0.1, 0.15) is 44.2 Å². The largest absolute Gasteiger partial charge is 0.380 e. The van der Waals surface area contributed by atoms with Crippen molar-refractivity contribution >= 4 is 15.8 Å². The molecule has 0 aromatic heterocycles. The molecule has 128 valence electrons. The number of anilines is 1. The molecule has 0 aliphatic carbocycles. The van der Waals surface area contributed by atoms with Gasteiger partial charge in [-0.25, -0.2) is 0 Å². The monoisotopic (exact) mass is 345 g/mol. The van der Waals surface area contributed by atoms with Crippen LogP contribution in [0, 0.1) is 6.92 Å². The Hall–Kier alpha value is -2.01. The van der Waals surface area contributed by atoms with Crippen LogP contribution in [0.15, 0.2) is 47.4 Å². The number of rotatable bonds is 3. The van der Waals surface area contributed by atoms with E-state index in [4.69, 9.17) is 4.18 Å². The fourth-order valence-electron chi connectivity index (χ4n) is 3.28. The second kappa shape index (κ2) is 5.81. The predicted octanol–water partition coefficient (Wildman–Crippen LogP) is 4.46. The Balaban J connectivity index is 1.89. The quantitative estimate of drug-likeness (QED) is 0.835. The molecule has 0 bridgehead atoms. The van der Waals surface area contributed by atoms with E-state index in [0.29, 0.717) is 11.7 Å². The van der Waals surface area contributed by atoms with Crippen LogP contribution in [0.3, 0.4) is 0 Å². The molecule has 1 aliphatic heterocycles. The van der Waals surface area contributed by atoms with Gasteiger partial charge >= 0.3 is 10.1 Å². The van der Waals surface area contributed by atoms with E-state index < -0.39 is 10.1 Å². The van der Waals surface area contributed by atoms with E-state index in [1.54, 1.807) is 30.3 Å². The maximum atomic E-state index is 12.4. The van der Waals surface area contributed by atoms with Gasteiger partial charge < -0.3 is 9.50 Å². The van der Waals surface area contributed by atoms with Crippen LogP contribution >= 0.6 is 0 Å². The van der Waals surface area contributed by atoms with Crippen molar-refractivity contribution in [2.24, 2.45) is 0 Å². The second-order valence-corrected chi connectivity index (χ2v) is 8.76. The number of nitrogens with one attached hydrogen (secondary N) is 1. The van der Waals surface area contributed by atoms with Gasteiger partial charge in [0.15, 0.2) is 0 Å². The highest BCUT2D eigenvalue weighted by Gasteiger charge is 2.29. The molecule has 5 heteroatoms. The van der Waals surface area contributed by atoms with Crippen molar-refractivity contribution in [1.82, 2.24) is 0 Å². The van der Waals surface area contributed by atoms with Gasteiger partial charge in [0.2, 0.25) is 0 Å². The fraction of sp³-hybridized carbons (Fsp3) is 0.368. The molecule has 2 aromatic rings. The van der Waals surface area contributed by atoms with E-state index in [9.17, 15) is 8.42 Å². The van der Waals surface area contributed by atoms with Crippen LogP contribution < -0.4 is 9.50 Å². The van der Waals surface area contributed by atoms with Gasteiger partial charge in [-0.15, -0.1) is 0 Å². The first-order valence-corrected chi connectivity index (χ1v) is 9.50. The Morgan fingerprint density at radius 1 is 1.12 bits per heavy atom. The van der Waals surface area contributed by atoms with E-state index in [-0.39, 0.29) is 10.4 Å². The Morgan fingerprint density at radius 2 is 1.79 bits per heavy atom. The maximum Gasteiger partial charge on any atom is 0.339 e. The molecule has 1 atom stereocenters. The van der Waals surface area contributed by atoms with Gasteiger partial charge in [0.05, 0.1) is 0 Å². The SMILES string of the molecule is Cc1ccc(S(=O)(=O)Oc2ccc3c(c2)C(C)CC(C)(C)N3)cc1. The summed E-state index contributed by atoms with van der Waals surface area (Å²) in [5, 5.41) is 3.49. The summed E-state index contributed by atoms with van der Waals surface area (Å²) in [5.74, 6) is 0.685. The van der Waals surface area contributed by atoms with Gasteiger partial charge in [0.1, 0.15) is 10.6 Å². The zero-order chi connectivity index (χ0) is 17.5. The third-order valence-corrected chi connectivity index (χ3v) is 5.62. The van der Waals surface area contributed by atoms with Gasteiger partial charge in [-0.1, -0.05) is 24.6 Å². The number of hydrogen-bond acceptors (Lipinski definition) is 4. The Kier molecular flexibility index (Phi) is 4.08. The highest BCUT2D eigenvalue weighted by molar-refractivity contribution is 7.87. The minimum atomic E-state index is -3.82. The van der Waals surface area contributed by atoms with Crippen LogP contribution in [0.4, 0.5) is 5.69 Å². The molecule has 0 saturated carbocycles. The van der Waals surface area contributed by atoms with Crippen LogP contribution in [0.25, 0.3) is 0 Å². The molecule has 1 aliphatic rings.